The monoisotopic (exact) mass is 324 g/mol. The largest absolute Gasteiger partial charge is 0.459 e. The molecular formula is C19H32O4. The smallest absolute Gasteiger partial charge is 0.309 e. The van der Waals surface area contributed by atoms with Gasteiger partial charge < -0.3 is 14.2 Å². The van der Waals surface area contributed by atoms with Crippen LogP contribution in [0.4, 0.5) is 0 Å². The second-order valence-corrected chi connectivity index (χ2v) is 8.20. The van der Waals surface area contributed by atoms with Crippen molar-refractivity contribution >= 4 is 5.97 Å². The Morgan fingerprint density at radius 3 is 2.26 bits per heavy atom. The van der Waals surface area contributed by atoms with Gasteiger partial charge in [-0.25, -0.2) is 0 Å². The van der Waals surface area contributed by atoms with Gasteiger partial charge in [-0.3, -0.25) is 4.79 Å². The topological polar surface area (TPSA) is 44.8 Å². The van der Waals surface area contributed by atoms with Gasteiger partial charge in [0.15, 0.2) is 6.29 Å². The lowest BCUT2D eigenvalue weighted by Gasteiger charge is -2.61. The van der Waals surface area contributed by atoms with Gasteiger partial charge >= 0.3 is 5.97 Å². The molecule has 4 aliphatic rings. The Labute approximate surface area is 140 Å². The highest BCUT2D eigenvalue weighted by molar-refractivity contribution is 5.72. The van der Waals surface area contributed by atoms with E-state index in [0.29, 0.717) is 18.4 Å². The summed E-state index contributed by atoms with van der Waals surface area (Å²) in [5.74, 6) is 1.23. The molecule has 0 amide bonds. The predicted molar refractivity (Wildman–Crippen MR) is 87.9 cm³/mol. The number of hydrogen-bond donors (Lipinski definition) is 0. The van der Waals surface area contributed by atoms with Crippen molar-refractivity contribution in [2.24, 2.45) is 17.8 Å². The Kier molecular flexibility index (Phi) is 4.76. The first-order valence-corrected chi connectivity index (χ1v) is 9.41. The minimum absolute atomic E-state index is 0.0118. The molecule has 4 heteroatoms. The third kappa shape index (κ3) is 3.43. The quantitative estimate of drug-likeness (QED) is 0.523. The summed E-state index contributed by atoms with van der Waals surface area (Å²) in [5, 5.41) is 0. The van der Waals surface area contributed by atoms with E-state index >= 15 is 0 Å². The van der Waals surface area contributed by atoms with Crippen LogP contribution in [-0.2, 0) is 19.0 Å². The zero-order chi connectivity index (χ0) is 16.7. The number of rotatable bonds is 7. The Balaban J connectivity index is 1.74. The maximum absolute atomic E-state index is 12.4. The van der Waals surface area contributed by atoms with Crippen molar-refractivity contribution in [3.05, 3.63) is 0 Å². The average Bonchev–Trinajstić information content (AvgIpc) is 2.43. The Bertz CT molecular complexity index is 433. The predicted octanol–water partition coefficient (Wildman–Crippen LogP) is 4.07. The Morgan fingerprint density at radius 2 is 1.70 bits per heavy atom. The fourth-order valence-electron chi connectivity index (χ4n) is 5.45. The van der Waals surface area contributed by atoms with Crippen molar-refractivity contribution in [1.29, 1.82) is 0 Å². The lowest BCUT2D eigenvalue weighted by Crippen LogP contribution is -2.62. The summed E-state index contributed by atoms with van der Waals surface area (Å²) in [6.45, 7) is 8.65. The minimum atomic E-state index is -0.281. The van der Waals surface area contributed by atoms with Gasteiger partial charge in [-0.2, -0.15) is 0 Å². The van der Waals surface area contributed by atoms with Gasteiger partial charge in [0.1, 0.15) is 5.60 Å². The molecule has 0 aliphatic heterocycles. The molecule has 0 aromatic heterocycles. The van der Waals surface area contributed by atoms with Crippen molar-refractivity contribution in [2.75, 3.05) is 6.61 Å². The van der Waals surface area contributed by atoms with Crippen LogP contribution >= 0.6 is 0 Å². The van der Waals surface area contributed by atoms with Gasteiger partial charge in [-0.15, -0.1) is 0 Å². The van der Waals surface area contributed by atoms with Gasteiger partial charge in [0.2, 0.25) is 0 Å². The minimum Gasteiger partial charge on any atom is -0.459 e. The Hall–Kier alpha value is -0.610. The Morgan fingerprint density at radius 1 is 1.09 bits per heavy atom. The molecule has 4 aliphatic carbocycles. The molecular weight excluding hydrogens is 292 g/mol. The van der Waals surface area contributed by atoms with Gasteiger partial charge in [0.05, 0.1) is 11.5 Å². The van der Waals surface area contributed by atoms with Gasteiger partial charge in [0, 0.05) is 13.0 Å². The van der Waals surface area contributed by atoms with Crippen molar-refractivity contribution in [3.63, 3.8) is 0 Å². The highest BCUT2D eigenvalue weighted by Crippen LogP contribution is 2.60. The first kappa shape index (κ1) is 17.2. The summed E-state index contributed by atoms with van der Waals surface area (Å²) in [4.78, 5) is 12.4. The van der Waals surface area contributed by atoms with E-state index in [9.17, 15) is 4.79 Å². The van der Waals surface area contributed by atoms with Crippen molar-refractivity contribution in [3.8, 4) is 0 Å². The second-order valence-electron chi connectivity index (χ2n) is 8.20. The van der Waals surface area contributed by atoms with E-state index in [2.05, 4.69) is 0 Å². The molecule has 0 aromatic rings. The van der Waals surface area contributed by atoms with Crippen molar-refractivity contribution in [1.82, 2.24) is 0 Å². The molecule has 4 fully saturated rings. The van der Waals surface area contributed by atoms with Crippen LogP contribution in [0.5, 0.6) is 0 Å². The third-order valence-corrected chi connectivity index (χ3v) is 6.10. The van der Waals surface area contributed by atoms with Crippen LogP contribution in [0.25, 0.3) is 0 Å². The number of ether oxygens (including phenoxy) is 3. The van der Waals surface area contributed by atoms with Gasteiger partial charge in [-0.05, 0) is 64.2 Å². The zero-order valence-corrected chi connectivity index (χ0v) is 15.1. The summed E-state index contributed by atoms with van der Waals surface area (Å²) < 4.78 is 18.1. The lowest BCUT2D eigenvalue weighted by molar-refractivity contribution is -0.279. The fourth-order valence-corrected chi connectivity index (χ4v) is 5.45. The normalized spacial score (nSPS) is 40.9. The van der Waals surface area contributed by atoms with Crippen LogP contribution in [0.15, 0.2) is 0 Å². The first-order chi connectivity index (χ1) is 10.9. The summed E-state index contributed by atoms with van der Waals surface area (Å²) >= 11 is 0. The number of esters is 1. The van der Waals surface area contributed by atoms with Crippen LogP contribution < -0.4 is 0 Å². The summed E-state index contributed by atoms with van der Waals surface area (Å²) in [6.07, 6.45) is 7.04. The zero-order valence-electron chi connectivity index (χ0n) is 15.1. The van der Waals surface area contributed by atoms with E-state index in [1.54, 1.807) is 0 Å². The van der Waals surface area contributed by atoms with E-state index in [1.165, 1.54) is 6.42 Å². The molecule has 23 heavy (non-hydrogen) atoms. The molecule has 4 bridgehead atoms. The highest BCUT2D eigenvalue weighted by Gasteiger charge is 2.60. The molecule has 0 radical (unpaired) electrons. The van der Waals surface area contributed by atoms with E-state index in [4.69, 9.17) is 14.2 Å². The van der Waals surface area contributed by atoms with Crippen LogP contribution in [0.2, 0.25) is 0 Å². The number of hydrogen-bond acceptors (Lipinski definition) is 4. The molecule has 4 atom stereocenters. The number of carbonyl (C=O) groups is 1. The molecule has 4 unspecified atom stereocenters. The highest BCUT2D eigenvalue weighted by atomic mass is 16.7. The summed E-state index contributed by atoms with van der Waals surface area (Å²) in [7, 11) is 0. The van der Waals surface area contributed by atoms with Gasteiger partial charge in [0.25, 0.3) is 0 Å². The van der Waals surface area contributed by atoms with E-state index in [-0.39, 0.29) is 29.4 Å². The fraction of sp³-hybridized carbons (Fsp3) is 0.947. The molecule has 4 nitrogen and oxygen atoms in total. The van der Waals surface area contributed by atoms with Crippen LogP contribution in [0.1, 0.15) is 72.6 Å². The van der Waals surface area contributed by atoms with E-state index < -0.39 is 0 Å². The lowest BCUT2D eigenvalue weighted by atomic mass is 9.52. The molecule has 0 spiro atoms. The standard InChI is InChI=1S/C19H32O4/c1-5-13(3)17(20)23-19-10-15-7-16(11-19)9-18(8-15,12-19)22-14(4)21-6-2/h13-16H,5-12H2,1-4H3. The van der Waals surface area contributed by atoms with E-state index in [0.717, 1.165) is 38.5 Å². The summed E-state index contributed by atoms with van der Waals surface area (Å²) in [5.41, 5.74) is -0.426. The second kappa shape index (κ2) is 6.36. The molecule has 4 rings (SSSR count). The van der Waals surface area contributed by atoms with Crippen LogP contribution in [-0.4, -0.2) is 30.1 Å². The van der Waals surface area contributed by atoms with Crippen molar-refractivity contribution in [2.45, 2.75) is 90.1 Å². The van der Waals surface area contributed by atoms with Crippen LogP contribution in [0, 0.1) is 17.8 Å². The SMILES string of the molecule is CCOC(C)OC12CC3CC(CC(OC(=O)C(C)CC)(C3)C1)C2. The van der Waals surface area contributed by atoms with Crippen LogP contribution in [0.3, 0.4) is 0 Å². The summed E-state index contributed by atoms with van der Waals surface area (Å²) in [6, 6.07) is 0. The average molecular weight is 324 g/mol. The van der Waals surface area contributed by atoms with Crippen molar-refractivity contribution < 1.29 is 19.0 Å². The molecule has 132 valence electrons. The first-order valence-electron chi connectivity index (χ1n) is 9.41. The molecule has 0 N–H and O–H groups in total. The molecule has 4 saturated carbocycles. The third-order valence-electron chi connectivity index (χ3n) is 6.10. The molecule has 0 saturated heterocycles. The number of carbonyl (C=O) groups excluding carboxylic acids is 1. The molecule has 0 aromatic carbocycles. The van der Waals surface area contributed by atoms with E-state index in [1.807, 2.05) is 27.7 Å². The molecule has 0 heterocycles. The maximum Gasteiger partial charge on any atom is 0.309 e. The maximum atomic E-state index is 12.4. The van der Waals surface area contributed by atoms with Gasteiger partial charge in [-0.1, -0.05) is 13.8 Å².